The number of ether oxygens (including phenoxy) is 1. The molecule has 1 aliphatic rings. The summed E-state index contributed by atoms with van der Waals surface area (Å²) < 4.78 is 45.2. The monoisotopic (exact) mass is 507 g/mol. The summed E-state index contributed by atoms with van der Waals surface area (Å²) in [5.41, 5.74) is 1.75. The molecule has 3 heterocycles. The number of hydrogen-bond acceptors (Lipinski definition) is 6. The summed E-state index contributed by atoms with van der Waals surface area (Å²) in [7, 11) is 2.79. The lowest BCUT2D eigenvalue weighted by molar-refractivity contribution is -0.140. The van der Waals surface area contributed by atoms with Gasteiger partial charge in [0, 0.05) is 36.1 Å². The predicted octanol–water partition coefficient (Wildman–Crippen LogP) is 4.44. The van der Waals surface area contributed by atoms with E-state index in [9.17, 15) is 22.8 Å². The molecule has 0 saturated heterocycles. The first-order valence-corrected chi connectivity index (χ1v) is 11.2. The molecule has 0 bridgehead atoms. The number of halogens is 3. The number of imidazole rings is 1. The molecule has 2 aromatic carbocycles. The van der Waals surface area contributed by atoms with E-state index in [1.54, 1.807) is 54.7 Å². The van der Waals surface area contributed by atoms with E-state index in [4.69, 9.17) is 4.74 Å². The minimum absolute atomic E-state index is 0.139. The normalized spacial score (nSPS) is 13.1. The van der Waals surface area contributed by atoms with Gasteiger partial charge in [0.1, 0.15) is 11.6 Å². The Morgan fingerprint density at radius 1 is 1.08 bits per heavy atom. The van der Waals surface area contributed by atoms with E-state index >= 15 is 0 Å². The molecule has 0 fully saturated rings. The number of fused-ring (bicyclic) bond motifs is 1. The van der Waals surface area contributed by atoms with Gasteiger partial charge in [-0.2, -0.15) is 13.2 Å². The van der Waals surface area contributed by atoms with Crippen molar-refractivity contribution in [3.05, 3.63) is 83.3 Å². The first kappa shape index (κ1) is 24.2. The molecule has 188 valence electrons. The van der Waals surface area contributed by atoms with Gasteiger partial charge in [0.2, 0.25) is 5.91 Å². The molecule has 5 rings (SSSR count). The highest BCUT2D eigenvalue weighted by Gasteiger charge is 2.34. The molecule has 11 heteroatoms. The number of aromatic nitrogens is 4. The van der Waals surface area contributed by atoms with E-state index in [1.165, 1.54) is 23.6 Å². The molecule has 1 aliphatic heterocycles. The Kier molecular flexibility index (Phi) is 5.98. The van der Waals surface area contributed by atoms with Crippen molar-refractivity contribution in [1.82, 2.24) is 19.5 Å². The molecule has 0 radical (unpaired) electrons. The van der Waals surface area contributed by atoms with Crippen LogP contribution in [0.5, 0.6) is 0 Å². The van der Waals surface area contributed by atoms with E-state index in [-0.39, 0.29) is 30.5 Å². The van der Waals surface area contributed by atoms with Crippen LogP contribution in [0.3, 0.4) is 0 Å². The van der Waals surface area contributed by atoms with Gasteiger partial charge in [0.05, 0.1) is 25.6 Å². The average molecular weight is 507 g/mol. The molecule has 8 nitrogen and oxygen atoms in total. The zero-order chi connectivity index (χ0) is 26.3. The van der Waals surface area contributed by atoms with Gasteiger partial charge in [-0.15, -0.1) is 0 Å². The molecule has 0 spiro atoms. The fourth-order valence-corrected chi connectivity index (χ4v) is 4.20. The highest BCUT2D eigenvalue weighted by atomic mass is 19.4. The number of amides is 1. The SMILES string of the molecule is COC(=O)c1ccccc1-c1ncc2c(n1)N(Cc1ccc(-c3nc(C(F)(F)F)cn3C)cc1)C(=O)C2. The third-order valence-electron chi connectivity index (χ3n) is 6.03. The van der Waals surface area contributed by atoms with Crippen LogP contribution in [0.1, 0.15) is 27.2 Å². The number of nitrogens with zero attached hydrogens (tertiary/aromatic N) is 5. The second-order valence-electron chi connectivity index (χ2n) is 8.49. The van der Waals surface area contributed by atoms with Crippen molar-refractivity contribution in [2.45, 2.75) is 19.1 Å². The highest BCUT2D eigenvalue weighted by molar-refractivity contribution is 6.01. The fraction of sp³-hybridized carbons (Fsp3) is 0.192. The van der Waals surface area contributed by atoms with E-state index < -0.39 is 17.8 Å². The Hall–Kier alpha value is -4.54. The van der Waals surface area contributed by atoms with Crippen LogP contribution in [0, 0.1) is 0 Å². The maximum absolute atomic E-state index is 13.0. The number of rotatable bonds is 5. The topological polar surface area (TPSA) is 90.2 Å². The van der Waals surface area contributed by atoms with Crippen molar-refractivity contribution >= 4 is 17.7 Å². The zero-order valence-corrected chi connectivity index (χ0v) is 19.8. The number of aryl methyl sites for hydroxylation is 1. The van der Waals surface area contributed by atoms with Crippen molar-refractivity contribution < 1.29 is 27.5 Å². The lowest BCUT2D eigenvalue weighted by Gasteiger charge is -2.17. The van der Waals surface area contributed by atoms with Gasteiger partial charge in [-0.3, -0.25) is 9.69 Å². The van der Waals surface area contributed by atoms with Gasteiger partial charge >= 0.3 is 12.1 Å². The van der Waals surface area contributed by atoms with Crippen LogP contribution in [-0.2, 0) is 35.7 Å². The first-order chi connectivity index (χ1) is 17.7. The van der Waals surface area contributed by atoms with Gasteiger partial charge < -0.3 is 9.30 Å². The van der Waals surface area contributed by atoms with E-state index in [0.29, 0.717) is 28.1 Å². The number of methoxy groups -OCH3 is 1. The average Bonchev–Trinajstić information content (AvgIpc) is 3.43. The molecule has 0 saturated carbocycles. The second kappa shape index (κ2) is 9.16. The van der Waals surface area contributed by atoms with Crippen molar-refractivity contribution in [3.8, 4) is 22.8 Å². The summed E-state index contributed by atoms with van der Waals surface area (Å²) in [5.74, 6) is 0.222. The summed E-state index contributed by atoms with van der Waals surface area (Å²) in [5, 5.41) is 0. The van der Waals surface area contributed by atoms with Crippen LogP contribution in [0.25, 0.3) is 22.8 Å². The van der Waals surface area contributed by atoms with Gasteiger partial charge in [-0.05, 0) is 11.6 Å². The van der Waals surface area contributed by atoms with Crippen LogP contribution in [0.2, 0.25) is 0 Å². The molecule has 0 N–H and O–H groups in total. The fourth-order valence-electron chi connectivity index (χ4n) is 4.20. The number of hydrogen-bond donors (Lipinski definition) is 0. The quantitative estimate of drug-likeness (QED) is 0.371. The molecule has 2 aromatic heterocycles. The predicted molar refractivity (Wildman–Crippen MR) is 127 cm³/mol. The van der Waals surface area contributed by atoms with E-state index in [0.717, 1.165) is 11.8 Å². The summed E-state index contributed by atoms with van der Waals surface area (Å²) >= 11 is 0. The summed E-state index contributed by atoms with van der Waals surface area (Å²) in [6.45, 7) is 0.204. The number of alkyl halides is 3. The maximum Gasteiger partial charge on any atom is 0.434 e. The lowest BCUT2D eigenvalue weighted by Crippen LogP contribution is -2.26. The molecule has 4 aromatic rings. The molecule has 0 unspecified atom stereocenters. The van der Waals surface area contributed by atoms with Gasteiger partial charge in [-0.25, -0.2) is 19.7 Å². The largest absolute Gasteiger partial charge is 0.465 e. The van der Waals surface area contributed by atoms with Crippen molar-refractivity contribution in [2.75, 3.05) is 12.0 Å². The Balaban J connectivity index is 1.42. The zero-order valence-electron chi connectivity index (χ0n) is 19.8. The van der Waals surface area contributed by atoms with E-state index in [2.05, 4.69) is 15.0 Å². The van der Waals surface area contributed by atoms with Gasteiger partial charge in [0.25, 0.3) is 0 Å². The van der Waals surface area contributed by atoms with Crippen molar-refractivity contribution in [2.24, 2.45) is 7.05 Å². The number of carbonyl (C=O) groups excluding carboxylic acids is 2. The third-order valence-corrected chi connectivity index (χ3v) is 6.03. The van der Waals surface area contributed by atoms with Crippen LogP contribution >= 0.6 is 0 Å². The highest BCUT2D eigenvalue weighted by Crippen LogP contribution is 2.33. The van der Waals surface area contributed by atoms with Gasteiger partial charge in [-0.1, -0.05) is 42.5 Å². The molecule has 0 aliphatic carbocycles. The Morgan fingerprint density at radius 2 is 1.81 bits per heavy atom. The molecule has 1 amide bonds. The minimum Gasteiger partial charge on any atom is -0.465 e. The number of anilines is 1. The molecular formula is C26H20F3N5O3. The standard InChI is InChI=1S/C26H20F3N5O3/c1-33-14-20(26(27,28)29)31-23(33)16-9-7-15(8-10-16)13-34-21(35)11-17-12-30-22(32-24(17)34)18-5-3-4-6-19(18)25(36)37-2/h3-10,12,14H,11,13H2,1-2H3. The Labute approximate surface area is 209 Å². The summed E-state index contributed by atoms with van der Waals surface area (Å²) in [6, 6.07) is 13.6. The van der Waals surface area contributed by atoms with Crippen LogP contribution < -0.4 is 4.90 Å². The molecular weight excluding hydrogens is 487 g/mol. The van der Waals surface area contributed by atoms with Crippen LogP contribution in [-0.4, -0.2) is 38.5 Å². The maximum atomic E-state index is 13.0. The van der Waals surface area contributed by atoms with Gasteiger partial charge in [0.15, 0.2) is 11.5 Å². The molecule has 37 heavy (non-hydrogen) atoms. The van der Waals surface area contributed by atoms with Crippen LogP contribution in [0.15, 0.2) is 60.9 Å². The minimum atomic E-state index is -4.53. The van der Waals surface area contributed by atoms with Crippen molar-refractivity contribution in [3.63, 3.8) is 0 Å². The van der Waals surface area contributed by atoms with Crippen LogP contribution in [0.4, 0.5) is 19.0 Å². The number of benzene rings is 2. The Bertz CT molecular complexity index is 1510. The third kappa shape index (κ3) is 4.55. The van der Waals surface area contributed by atoms with Crippen molar-refractivity contribution in [1.29, 1.82) is 0 Å². The summed E-state index contributed by atoms with van der Waals surface area (Å²) in [4.78, 5) is 39.2. The summed E-state index contributed by atoms with van der Waals surface area (Å²) in [6.07, 6.45) is -1.87. The number of esters is 1. The lowest BCUT2D eigenvalue weighted by atomic mass is 10.1. The Morgan fingerprint density at radius 3 is 2.49 bits per heavy atom. The molecule has 0 atom stereocenters. The van der Waals surface area contributed by atoms with E-state index in [1.807, 2.05) is 0 Å². The number of carbonyl (C=O) groups is 2. The second-order valence-corrected chi connectivity index (χ2v) is 8.49. The first-order valence-electron chi connectivity index (χ1n) is 11.2. The smallest absolute Gasteiger partial charge is 0.434 e.